The number of para-hydroxylation sites is 3. The Balaban J connectivity index is 1.04. The van der Waals surface area contributed by atoms with Crippen molar-refractivity contribution in [2.45, 2.75) is 0 Å². The van der Waals surface area contributed by atoms with Crippen LogP contribution >= 0.6 is 11.3 Å². The van der Waals surface area contributed by atoms with Gasteiger partial charge in [-0.3, -0.25) is 0 Å². The topological polar surface area (TPSA) is 65.0 Å². The molecule has 12 rings (SSSR count). The third-order valence-electron chi connectivity index (χ3n) is 10.9. The predicted octanol–water partition coefficient (Wildman–Crippen LogP) is 14.4. The number of rotatable bonds is 5. The van der Waals surface area contributed by atoms with Gasteiger partial charge in [0.2, 0.25) is 0 Å². The maximum atomic E-state index is 6.72. The van der Waals surface area contributed by atoms with Gasteiger partial charge in [0, 0.05) is 47.3 Å². The lowest BCUT2D eigenvalue weighted by atomic mass is 9.94. The molecule has 0 N–H and O–H groups in total. The molecule has 0 aliphatic carbocycles. The molecule has 4 aromatic heterocycles. The van der Waals surface area contributed by atoms with E-state index in [9.17, 15) is 0 Å². The fourth-order valence-electron chi connectivity index (χ4n) is 8.28. The molecule has 0 saturated heterocycles. The zero-order chi connectivity index (χ0) is 37.5. The molecule has 8 aromatic carbocycles. The second-order valence-corrected chi connectivity index (χ2v) is 15.4. The van der Waals surface area contributed by atoms with Crippen LogP contribution in [0.4, 0.5) is 0 Å². The number of aromatic nitrogens is 3. The van der Waals surface area contributed by atoms with Gasteiger partial charge in [0.05, 0.1) is 11.1 Å². The summed E-state index contributed by atoms with van der Waals surface area (Å²) in [6, 6.07) is 61.0. The summed E-state index contributed by atoms with van der Waals surface area (Å²) in [4.78, 5) is 15.3. The Morgan fingerprint density at radius 2 is 0.912 bits per heavy atom. The molecule has 6 heteroatoms. The van der Waals surface area contributed by atoms with E-state index >= 15 is 0 Å². The average molecular weight is 748 g/mol. The lowest BCUT2D eigenvalue weighted by Gasteiger charge is -2.10. The number of thiophene rings is 1. The van der Waals surface area contributed by atoms with E-state index in [4.69, 9.17) is 23.8 Å². The quantitative estimate of drug-likeness (QED) is 0.175. The minimum Gasteiger partial charge on any atom is -0.455 e. The van der Waals surface area contributed by atoms with Gasteiger partial charge in [-0.15, -0.1) is 11.3 Å². The van der Waals surface area contributed by atoms with E-state index in [1.54, 1.807) is 0 Å². The van der Waals surface area contributed by atoms with Crippen LogP contribution in [0.5, 0.6) is 0 Å². The number of benzene rings is 8. The van der Waals surface area contributed by atoms with Gasteiger partial charge in [-0.1, -0.05) is 127 Å². The highest BCUT2D eigenvalue weighted by Crippen LogP contribution is 2.44. The third kappa shape index (κ3) is 5.12. The van der Waals surface area contributed by atoms with Crippen molar-refractivity contribution >= 4 is 75.4 Å². The molecule has 0 saturated carbocycles. The van der Waals surface area contributed by atoms with Crippen LogP contribution in [0.2, 0.25) is 0 Å². The first-order chi connectivity index (χ1) is 28.2. The van der Waals surface area contributed by atoms with Gasteiger partial charge in [-0.25, -0.2) is 15.0 Å². The van der Waals surface area contributed by atoms with E-state index in [0.29, 0.717) is 17.5 Å². The summed E-state index contributed by atoms with van der Waals surface area (Å²) in [5.74, 6) is 1.63. The molecule has 0 radical (unpaired) electrons. The summed E-state index contributed by atoms with van der Waals surface area (Å²) < 4.78 is 15.7. The Morgan fingerprint density at radius 1 is 0.333 bits per heavy atom. The fourth-order valence-corrected chi connectivity index (χ4v) is 9.45. The molecule has 5 nitrogen and oxygen atoms in total. The molecule has 0 aliphatic rings. The van der Waals surface area contributed by atoms with Crippen molar-refractivity contribution in [3.8, 4) is 56.4 Å². The maximum absolute atomic E-state index is 6.72. The number of hydrogen-bond acceptors (Lipinski definition) is 6. The van der Waals surface area contributed by atoms with E-state index in [2.05, 4.69) is 109 Å². The molecule has 4 heterocycles. The SMILES string of the molecule is c1ccc(-c2nc(-c3cccc4c3oc3ccccc34)nc(-c3cccc4c3oc3ccc(-c5cc(-c6ccccc6)c6c(c5)sc5ccccc56)cc34)n2)cc1. The van der Waals surface area contributed by atoms with Gasteiger partial charge >= 0.3 is 0 Å². The van der Waals surface area contributed by atoms with Crippen molar-refractivity contribution in [3.05, 3.63) is 176 Å². The predicted molar refractivity (Wildman–Crippen MR) is 234 cm³/mol. The largest absolute Gasteiger partial charge is 0.455 e. The van der Waals surface area contributed by atoms with Crippen LogP contribution in [0.25, 0.3) is 120 Å². The summed E-state index contributed by atoms with van der Waals surface area (Å²) in [5, 5.41) is 6.69. The molecule has 266 valence electrons. The first-order valence-corrected chi connectivity index (χ1v) is 19.7. The highest BCUT2D eigenvalue weighted by molar-refractivity contribution is 7.26. The van der Waals surface area contributed by atoms with Gasteiger partial charge in [0.1, 0.15) is 22.3 Å². The lowest BCUT2D eigenvalue weighted by Crippen LogP contribution is -2.00. The highest BCUT2D eigenvalue weighted by Gasteiger charge is 2.21. The number of furan rings is 2. The molecular formula is C51H29N3O2S. The Labute approximate surface area is 330 Å². The minimum absolute atomic E-state index is 0.527. The first-order valence-electron chi connectivity index (χ1n) is 18.9. The summed E-state index contributed by atoms with van der Waals surface area (Å²) in [6.07, 6.45) is 0. The summed E-state index contributed by atoms with van der Waals surface area (Å²) >= 11 is 1.84. The van der Waals surface area contributed by atoms with Crippen molar-refractivity contribution in [2.75, 3.05) is 0 Å². The van der Waals surface area contributed by atoms with Crippen molar-refractivity contribution in [2.24, 2.45) is 0 Å². The second-order valence-electron chi connectivity index (χ2n) is 14.3. The van der Waals surface area contributed by atoms with Gasteiger partial charge in [0.25, 0.3) is 0 Å². The Kier molecular flexibility index (Phi) is 7.03. The van der Waals surface area contributed by atoms with Crippen LogP contribution in [0, 0.1) is 0 Å². The zero-order valence-corrected chi connectivity index (χ0v) is 31.1. The van der Waals surface area contributed by atoms with Crippen LogP contribution < -0.4 is 0 Å². The standard InChI is InChI=1S/C51H29N3O2S/c1-3-13-30(14-4-1)40-28-33(29-45-46(40)37-18-8-10-24-44(37)57-45)32-25-26-43-41(27-32)36-20-12-22-39(48(36)56-43)51-53-49(31-15-5-2-6-16-31)52-50(54-51)38-21-11-19-35-34-17-7-9-23-42(34)55-47(35)38/h1-29H. The van der Waals surface area contributed by atoms with Gasteiger partial charge in [0.15, 0.2) is 17.5 Å². The van der Waals surface area contributed by atoms with E-state index in [1.165, 1.54) is 31.3 Å². The normalized spacial score (nSPS) is 11.9. The molecule has 12 aromatic rings. The third-order valence-corrected chi connectivity index (χ3v) is 12.1. The molecule has 57 heavy (non-hydrogen) atoms. The monoisotopic (exact) mass is 747 g/mol. The van der Waals surface area contributed by atoms with Crippen molar-refractivity contribution < 1.29 is 8.83 Å². The summed E-state index contributed by atoms with van der Waals surface area (Å²) in [5.41, 5.74) is 10.3. The molecule has 0 aliphatic heterocycles. The van der Waals surface area contributed by atoms with E-state index in [1.807, 2.05) is 78.1 Å². The first kappa shape index (κ1) is 31.9. The van der Waals surface area contributed by atoms with Crippen LogP contribution in [0.1, 0.15) is 0 Å². The second kappa shape index (κ2) is 12.6. The molecule has 0 unspecified atom stereocenters. The highest BCUT2D eigenvalue weighted by atomic mass is 32.1. The Hall–Kier alpha value is -7.41. The smallest absolute Gasteiger partial charge is 0.167 e. The van der Waals surface area contributed by atoms with Crippen molar-refractivity contribution in [3.63, 3.8) is 0 Å². The number of nitrogens with zero attached hydrogens (tertiary/aromatic N) is 3. The summed E-state index contributed by atoms with van der Waals surface area (Å²) in [7, 11) is 0. The Morgan fingerprint density at radius 3 is 1.65 bits per heavy atom. The minimum atomic E-state index is 0.527. The molecule has 0 fully saturated rings. The fraction of sp³-hybridized carbons (Fsp3) is 0. The van der Waals surface area contributed by atoms with Crippen LogP contribution in [-0.4, -0.2) is 15.0 Å². The van der Waals surface area contributed by atoms with E-state index < -0.39 is 0 Å². The van der Waals surface area contributed by atoms with Gasteiger partial charge in [-0.2, -0.15) is 0 Å². The molecule has 0 atom stereocenters. The molecule has 0 amide bonds. The molecule has 0 bridgehead atoms. The van der Waals surface area contributed by atoms with Crippen molar-refractivity contribution in [1.29, 1.82) is 0 Å². The van der Waals surface area contributed by atoms with Gasteiger partial charge in [-0.05, 0) is 70.8 Å². The molecule has 0 spiro atoms. The Bertz CT molecular complexity index is 3530. The van der Waals surface area contributed by atoms with Crippen LogP contribution in [-0.2, 0) is 0 Å². The summed E-state index contributed by atoms with van der Waals surface area (Å²) in [6.45, 7) is 0. The number of fused-ring (bicyclic) bond motifs is 9. The van der Waals surface area contributed by atoms with Gasteiger partial charge < -0.3 is 8.83 Å². The van der Waals surface area contributed by atoms with Crippen LogP contribution in [0.3, 0.4) is 0 Å². The lowest BCUT2D eigenvalue weighted by molar-refractivity contribution is 0.669. The zero-order valence-electron chi connectivity index (χ0n) is 30.3. The molecular weight excluding hydrogens is 719 g/mol. The maximum Gasteiger partial charge on any atom is 0.167 e. The van der Waals surface area contributed by atoms with Crippen LogP contribution in [0.15, 0.2) is 185 Å². The van der Waals surface area contributed by atoms with Crippen molar-refractivity contribution in [1.82, 2.24) is 15.0 Å². The van der Waals surface area contributed by atoms with E-state index in [-0.39, 0.29) is 0 Å². The number of hydrogen-bond donors (Lipinski definition) is 0. The van der Waals surface area contributed by atoms with E-state index in [0.717, 1.165) is 71.7 Å². The average Bonchev–Trinajstić information content (AvgIpc) is 3.97.